The van der Waals surface area contributed by atoms with E-state index in [4.69, 9.17) is 4.74 Å². The zero-order valence-corrected chi connectivity index (χ0v) is 22.8. The largest absolute Gasteiger partial charge is 0.867 e. The van der Waals surface area contributed by atoms with Crippen molar-refractivity contribution < 1.29 is 19.6 Å². The van der Waals surface area contributed by atoms with Gasteiger partial charge < -0.3 is 14.7 Å². The first-order chi connectivity index (χ1) is 17.5. The number of benzene rings is 2. The maximum Gasteiger partial charge on any atom is 0.338 e. The zero-order chi connectivity index (χ0) is 27.0. The lowest BCUT2D eigenvalue weighted by molar-refractivity contribution is -0.398. The number of rotatable bonds is 6. The van der Waals surface area contributed by atoms with Crippen LogP contribution in [-0.2, 0) is 9.53 Å². The monoisotopic (exact) mass is 585 g/mol. The molecule has 37 heavy (non-hydrogen) atoms. The third-order valence-corrected chi connectivity index (χ3v) is 7.23. The van der Waals surface area contributed by atoms with Gasteiger partial charge in [-0.3, -0.25) is 19.5 Å². The summed E-state index contributed by atoms with van der Waals surface area (Å²) in [5, 5.41) is 24.0. The molecule has 0 bridgehead atoms. The number of allylic oxidation sites excluding steroid dienone is 1. The Labute approximate surface area is 223 Å². The minimum Gasteiger partial charge on any atom is -0.867 e. The van der Waals surface area contributed by atoms with Crippen LogP contribution in [0, 0.1) is 10.1 Å². The predicted octanol–water partition coefficient (Wildman–Crippen LogP) is 2.61. The van der Waals surface area contributed by atoms with Gasteiger partial charge in [0.25, 0.3) is 11.2 Å². The quantitative estimate of drug-likeness (QED) is 0.247. The van der Waals surface area contributed by atoms with E-state index >= 15 is 0 Å². The molecule has 0 spiro atoms. The molecule has 2 heterocycles. The van der Waals surface area contributed by atoms with Crippen molar-refractivity contribution in [1.29, 1.82) is 0 Å². The summed E-state index contributed by atoms with van der Waals surface area (Å²) >= 11 is 4.22. The van der Waals surface area contributed by atoms with Crippen molar-refractivity contribution in [3.05, 3.63) is 93.1 Å². The summed E-state index contributed by atoms with van der Waals surface area (Å²) in [6, 6.07) is 9.16. The number of hydrogen-bond donors (Lipinski definition) is 0. The van der Waals surface area contributed by atoms with E-state index in [0.717, 1.165) is 23.1 Å². The van der Waals surface area contributed by atoms with Crippen molar-refractivity contribution in [2.45, 2.75) is 19.9 Å². The number of carbonyl (C=O) groups is 1. The van der Waals surface area contributed by atoms with Crippen molar-refractivity contribution in [2.75, 3.05) is 25.6 Å². The molecule has 192 valence electrons. The topological polar surface area (TPSA) is 130 Å². The van der Waals surface area contributed by atoms with Gasteiger partial charge in [-0.25, -0.2) is 9.79 Å². The molecule has 1 atom stereocenters. The van der Waals surface area contributed by atoms with Gasteiger partial charge in [-0.1, -0.05) is 39.4 Å². The van der Waals surface area contributed by atoms with Crippen molar-refractivity contribution in [3.63, 3.8) is 0 Å². The Morgan fingerprint density at radius 2 is 1.97 bits per heavy atom. The van der Waals surface area contributed by atoms with Crippen molar-refractivity contribution in [2.24, 2.45) is 4.99 Å². The average molecular weight is 586 g/mol. The summed E-state index contributed by atoms with van der Waals surface area (Å²) in [7, 11) is 3.81. The number of nitro benzene ring substituents is 1. The van der Waals surface area contributed by atoms with Crippen LogP contribution in [0.4, 0.5) is 11.4 Å². The third-order valence-electron chi connectivity index (χ3n) is 5.79. The number of nitro groups is 1. The van der Waals surface area contributed by atoms with Crippen LogP contribution in [0.25, 0.3) is 6.08 Å². The van der Waals surface area contributed by atoms with E-state index in [2.05, 4.69) is 20.9 Å². The van der Waals surface area contributed by atoms with Gasteiger partial charge in [0.1, 0.15) is 0 Å². The molecule has 4 rings (SSSR count). The molecule has 1 aliphatic rings. The molecule has 10 nitrogen and oxygen atoms in total. The molecule has 0 saturated carbocycles. The van der Waals surface area contributed by atoms with Crippen LogP contribution >= 0.6 is 27.3 Å². The highest BCUT2D eigenvalue weighted by atomic mass is 79.9. The van der Waals surface area contributed by atoms with E-state index in [-0.39, 0.29) is 22.3 Å². The van der Waals surface area contributed by atoms with Gasteiger partial charge in [-0.15, -0.1) is 0 Å². The number of thiazole rings is 1. The van der Waals surface area contributed by atoms with Gasteiger partial charge in [0.15, 0.2) is 4.80 Å². The van der Waals surface area contributed by atoms with E-state index < -0.39 is 33.9 Å². The van der Waals surface area contributed by atoms with Crippen LogP contribution in [-0.4, -0.2) is 36.2 Å². The first kappa shape index (κ1) is 26.3. The highest BCUT2D eigenvalue weighted by molar-refractivity contribution is 9.10. The number of nitrogens with zero attached hydrogens (tertiary/aromatic N) is 4. The fourth-order valence-corrected chi connectivity index (χ4v) is 5.55. The molecule has 0 fully saturated rings. The van der Waals surface area contributed by atoms with Crippen LogP contribution < -0.4 is 24.9 Å². The van der Waals surface area contributed by atoms with E-state index in [1.54, 1.807) is 13.8 Å². The van der Waals surface area contributed by atoms with Crippen molar-refractivity contribution >= 4 is 50.7 Å². The van der Waals surface area contributed by atoms with Crippen LogP contribution in [0.15, 0.2) is 61.9 Å². The van der Waals surface area contributed by atoms with Gasteiger partial charge in [0.2, 0.25) is 0 Å². The Bertz CT molecular complexity index is 1620. The first-order valence-electron chi connectivity index (χ1n) is 11.1. The van der Waals surface area contributed by atoms with Gasteiger partial charge in [0, 0.05) is 30.3 Å². The van der Waals surface area contributed by atoms with E-state index in [1.165, 1.54) is 16.7 Å². The maximum atomic E-state index is 13.7. The minimum atomic E-state index is -0.808. The molecular formula is C25H22BrN4O6S-. The molecule has 3 aromatic rings. The fourth-order valence-electron chi connectivity index (χ4n) is 4.05. The SMILES string of the molecule is CCOC(=O)C1=C(C)N=c2s/c(=C\c3cc(Br)cc([N+](=O)[O-])c3[O-])c(=O)n2[C@@H]1c1ccc(N(C)C)cc1. The number of carbonyl (C=O) groups excluding carboxylic acids is 1. The normalized spacial score (nSPS) is 15.3. The van der Waals surface area contributed by atoms with Gasteiger partial charge in [-0.2, -0.15) is 0 Å². The number of halogens is 1. The van der Waals surface area contributed by atoms with E-state index in [9.17, 15) is 24.8 Å². The molecule has 0 unspecified atom stereocenters. The molecule has 12 heteroatoms. The molecule has 1 aromatic heterocycles. The molecule has 2 aromatic carbocycles. The molecule has 0 saturated heterocycles. The Kier molecular flexibility index (Phi) is 7.32. The second kappa shape index (κ2) is 10.3. The summed E-state index contributed by atoms with van der Waals surface area (Å²) in [4.78, 5) is 44.0. The van der Waals surface area contributed by atoms with Crippen molar-refractivity contribution in [1.82, 2.24) is 4.57 Å². The predicted molar refractivity (Wildman–Crippen MR) is 141 cm³/mol. The molecular weight excluding hydrogens is 564 g/mol. The first-order valence-corrected chi connectivity index (χ1v) is 12.8. The second-order valence-electron chi connectivity index (χ2n) is 8.39. The summed E-state index contributed by atoms with van der Waals surface area (Å²) in [5.41, 5.74) is 1.16. The number of fused-ring (bicyclic) bond motifs is 1. The van der Waals surface area contributed by atoms with Crippen LogP contribution in [0.1, 0.15) is 31.0 Å². The number of ether oxygens (including phenoxy) is 1. The van der Waals surface area contributed by atoms with E-state index in [0.29, 0.717) is 20.5 Å². The lowest BCUT2D eigenvalue weighted by Gasteiger charge is -2.25. The van der Waals surface area contributed by atoms with Gasteiger partial charge in [0.05, 0.1) is 33.4 Å². The molecule has 0 radical (unpaired) electrons. The van der Waals surface area contributed by atoms with E-state index in [1.807, 2.05) is 43.3 Å². The average Bonchev–Trinajstić information content (AvgIpc) is 3.14. The van der Waals surface area contributed by atoms with Crippen molar-refractivity contribution in [3.8, 4) is 5.75 Å². The second-order valence-corrected chi connectivity index (χ2v) is 10.3. The van der Waals surface area contributed by atoms with Gasteiger partial charge in [-0.05, 0) is 55.0 Å². The van der Waals surface area contributed by atoms with Crippen LogP contribution in [0.2, 0.25) is 0 Å². The highest BCUT2D eigenvalue weighted by Gasteiger charge is 2.33. The number of esters is 1. The van der Waals surface area contributed by atoms with Crippen LogP contribution in [0.3, 0.4) is 0 Å². The zero-order valence-electron chi connectivity index (χ0n) is 20.4. The maximum absolute atomic E-state index is 13.7. The number of aromatic nitrogens is 1. The fraction of sp³-hybridized carbons (Fsp3) is 0.240. The minimum absolute atomic E-state index is 0.0143. The van der Waals surface area contributed by atoms with Gasteiger partial charge >= 0.3 is 5.97 Å². The smallest absolute Gasteiger partial charge is 0.338 e. The summed E-state index contributed by atoms with van der Waals surface area (Å²) < 4.78 is 7.17. The molecule has 0 aliphatic carbocycles. The standard InChI is InChI=1S/C25H23BrN4O6S/c1-5-36-24(33)20-13(2)27-25-29(21(20)14-6-8-17(9-7-14)28(3)4)23(32)19(37-25)11-15-10-16(26)12-18(22(15)31)30(34)35/h6-12,21,31H,5H2,1-4H3/p-1/b19-11-/t21-/m1/s1. The molecule has 1 aliphatic heterocycles. The number of anilines is 1. The summed E-state index contributed by atoms with van der Waals surface area (Å²) in [6.07, 6.45) is 1.32. The molecule has 0 N–H and O–H groups in total. The lowest BCUT2D eigenvalue weighted by atomic mass is 9.95. The van der Waals surface area contributed by atoms with Crippen LogP contribution in [0.5, 0.6) is 5.75 Å². The Balaban J connectivity index is 1.97. The molecule has 0 amide bonds. The summed E-state index contributed by atoms with van der Waals surface area (Å²) in [6.45, 7) is 3.53. The Morgan fingerprint density at radius 3 is 2.57 bits per heavy atom. The number of hydrogen-bond acceptors (Lipinski definition) is 9. The Hall–Kier alpha value is -3.77. The third kappa shape index (κ3) is 4.94. The summed E-state index contributed by atoms with van der Waals surface area (Å²) in [5.74, 6) is -1.39. The lowest BCUT2D eigenvalue weighted by Crippen LogP contribution is -2.40. The Morgan fingerprint density at radius 1 is 1.30 bits per heavy atom. The highest BCUT2D eigenvalue weighted by Crippen LogP contribution is 2.33.